The SMILES string of the molecule is COc1ccccc1-c1cc2ccc(S(=O)(=O)NC3CCC(C(=O)N[C@H](C)c4ccc(F)cc4)CC3)cc2[nH]1. The van der Waals surface area contributed by atoms with Crippen molar-refractivity contribution in [2.24, 2.45) is 5.92 Å². The molecule has 0 saturated heterocycles. The number of carbonyl (C=O) groups excluding carboxylic acids is 1. The van der Waals surface area contributed by atoms with Crippen molar-refractivity contribution in [1.82, 2.24) is 15.0 Å². The lowest BCUT2D eigenvalue weighted by molar-refractivity contribution is -0.126. The molecule has 1 aliphatic carbocycles. The number of hydrogen-bond acceptors (Lipinski definition) is 4. The lowest BCUT2D eigenvalue weighted by Crippen LogP contribution is -2.41. The van der Waals surface area contributed by atoms with Gasteiger partial charge in [-0.05, 0) is 80.6 Å². The van der Waals surface area contributed by atoms with Gasteiger partial charge in [0.25, 0.3) is 0 Å². The Bertz CT molecular complexity index is 1580. The van der Waals surface area contributed by atoms with Crippen LogP contribution in [0.25, 0.3) is 22.2 Å². The molecule has 1 amide bonds. The molecule has 1 aliphatic rings. The molecule has 39 heavy (non-hydrogen) atoms. The number of para-hydroxylation sites is 1. The first-order valence-electron chi connectivity index (χ1n) is 13.1. The van der Waals surface area contributed by atoms with E-state index in [9.17, 15) is 17.6 Å². The Labute approximate surface area is 227 Å². The first kappa shape index (κ1) is 26.9. The minimum atomic E-state index is -3.74. The van der Waals surface area contributed by atoms with Gasteiger partial charge in [-0.2, -0.15) is 0 Å². The van der Waals surface area contributed by atoms with Crippen molar-refractivity contribution in [2.75, 3.05) is 7.11 Å². The van der Waals surface area contributed by atoms with Gasteiger partial charge in [0.1, 0.15) is 11.6 Å². The van der Waals surface area contributed by atoms with Gasteiger partial charge in [0.15, 0.2) is 0 Å². The molecule has 0 radical (unpaired) electrons. The monoisotopic (exact) mass is 549 g/mol. The maximum absolute atomic E-state index is 13.2. The van der Waals surface area contributed by atoms with Crippen molar-refractivity contribution in [1.29, 1.82) is 0 Å². The molecule has 4 aromatic rings. The number of aromatic nitrogens is 1. The van der Waals surface area contributed by atoms with Gasteiger partial charge in [-0.25, -0.2) is 17.5 Å². The van der Waals surface area contributed by atoms with Gasteiger partial charge in [0, 0.05) is 28.4 Å². The predicted molar refractivity (Wildman–Crippen MR) is 149 cm³/mol. The number of H-pyrrole nitrogens is 1. The Morgan fingerprint density at radius 2 is 1.72 bits per heavy atom. The standard InChI is InChI=1S/C30H32FN3O4S/c1-19(20-7-12-23(31)13-8-20)32-30(35)21-9-14-24(15-10-21)34-39(36,37)25-16-11-22-17-28(33-27(22)18-25)26-5-3-4-6-29(26)38-2/h3-8,11-13,16-19,21,24,33-34H,9-10,14-15H2,1-2H3,(H,32,35)/t19-,21?,24?/m1/s1. The normalized spacial score (nSPS) is 18.5. The number of aromatic amines is 1. The van der Waals surface area contributed by atoms with Gasteiger partial charge in [-0.15, -0.1) is 0 Å². The number of ether oxygens (including phenoxy) is 1. The van der Waals surface area contributed by atoms with Crippen molar-refractivity contribution in [2.45, 2.75) is 49.6 Å². The number of sulfonamides is 1. The van der Waals surface area contributed by atoms with Crippen molar-refractivity contribution in [3.63, 3.8) is 0 Å². The molecule has 1 atom stereocenters. The van der Waals surface area contributed by atoms with Crippen molar-refractivity contribution in [3.05, 3.63) is 84.2 Å². The second-order valence-corrected chi connectivity index (χ2v) is 11.8. The highest BCUT2D eigenvalue weighted by Gasteiger charge is 2.30. The van der Waals surface area contributed by atoms with Crippen LogP contribution in [-0.2, 0) is 14.8 Å². The highest BCUT2D eigenvalue weighted by Crippen LogP contribution is 2.32. The molecule has 9 heteroatoms. The summed E-state index contributed by atoms with van der Waals surface area (Å²) < 4.78 is 47.9. The van der Waals surface area contributed by atoms with E-state index in [2.05, 4.69) is 15.0 Å². The number of rotatable bonds is 8. The third-order valence-electron chi connectivity index (χ3n) is 7.45. The van der Waals surface area contributed by atoms with Gasteiger partial charge >= 0.3 is 0 Å². The summed E-state index contributed by atoms with van der Waals surface area (Å²) in [6.45, 7) is 1.87. The van der Waals surface area contributed by atoms with E-state index < -0.39 is 10.0 Å². The number of hydrogen-bond donors (Lipinski definition) is 3. The van der Waals surface area contributed by atoms with Crippen molar-refractivity contribution in [3.8, 4) is 17.0 Å². The molecular weight excluding hydrogens is 517 g/mol. The maximum atomic E-state index is 13.2. The predicted octanol–water partition coefficient (Wildman–Crippen LogP) is 5.70. The van der Waals surface area contributed by atoms with Crippen molar-refractivity contribution >= 4 is 26.8 Å². The smallest absolute Gasteiger partial charge is 0.240 e. The number of halogens is 1. The summed E-state index contributed by atoms with van der Waals surface area (Å²) in [5.41, 5.74) is 3.29. The third kappa shape index (κ3) is 5.99. The van der Waals surface area contributed by atoms with Crippen LogP contribution < -0.4 is 14.8 Å². The van der Waals surface area contributed by atoms with Gasteiger partial charge in [-0.3, -0.25) is 4.79 Å². The molecule has 3 aromatic carbocycles. The van der Waals surface area contributed by atoms with Gasteiger partial charge in [0.2, 0.25) is 15.9 Å². The number of nitrogens with one attached hydrogen (secondary N) is 3. The fourth-order valence-electron chi connectivity index (χ4n) is 5.21. The number of fused-ring (bicyclic) bond motifs is 1. The zero-order chi connectivity index (χ0) is 27.6. The molecule has 0 spiro atoms. The Morgan fingerprint density at radius 3 is 2.44 bits per heavy atom. The molecule has 3 N–H and O–H groups in total. The van der Waals surface area contributed by atoms with Crippen LogP contribution in [0.15, 0.2) is 77.7 Å². The lowest BCUT2D eigenvalue weighted by Gasteiger charge is -2.29. The number of amides is 1. The largest absolute Gasteiger partial charge is 0.496 e. The number of benzene rings is 3. The van der Waals surface area contributed by atoms with Crippen LogP contribution in [0.4, 0.5) is 4.39 Å². The average molecular weight is 550 g/mol. The maximum Gasteiger partial charge on any atom is 0.240 e. The molecule has 7 nitrogen and oxygen atoms in total. The van der Waals surface area contributed by atoms with Gasteiger partial charge in [0.05, 0.1) is 23.7 Å². The Hall–Kier alpha value is -3.69. The van der Waals surface area contributed by atoms with E-state index >= 15 is 0 Å². The molecule has 5 rings (SSSR count). The second-order valence-electron chi connectivity index (χ2n) is 10.1. The molecule has 1 aromatic heterocycles. The minimum absolute atomic E-state index is 0.0591. The van der Waals surface area contributed by atoms with E-state index in [0.717, 1.165) is 33.5 Å². The minimum Gasteiger partial charge on any atom is -0.496 e. The molecule has 1 heterocycles. The van der Waals surface area contributed by atoms with Crippen LogP contribution in [0, 0.1) is 11.7 Å². The average Bonchev–Trinajstić information content (AvgIpc) is 3.37. The fourth-order valence-corrected chi connectivity index (χ4v) is 6.54. The van der Waals surface area contributed by atoms with Crippen LogP contribution in [0.5, 0.6) is 5.75 Å². The first-order chi connectivity index (χ1) is 18.7. The summed E-state index contributed by atoms with van der Waals surface area (Å²) >= 11 is 0. The van der Waals surface area contributed by atoms with E-state index in [1.807, 2.05) is 37.3 Å². The molecule has 1 fully saturated rings. The first-order valence-corrected chi connectivity index (χ1v) is 14.6. The summed E-state index contributed by atoms with van der Waals surface area (Å²) in [6.07, 6.45) is 2.33. The van der Waals surface area contributed by atoms with E-state index in [-0.39, 0.29) is 34.6 Å². The third-order valence-corrected chi connectivity index (χ3v) is 8.97. The van der Waals surface area contributed by atoms with Crippen LogP contribution in [-0.4, -0.2) is 32.5 Å². The zero-order valence-corrected chi connectivity index (χ0v) is 22.7. The van der Waals surface area contributed by atoms with E-state index in [1.54, 1.807) is 37.4 Å². The van der Waals surface area contributed by atoms with E-state index in [1.165, 1.54) is 12.1 Å². The lowest BCUT2D eigenvalue weighted by atomic mass is 9.85. The zero-order valence-electron chi connectivity index (χ0n) is 21.9. The van der Waals surface area contributed by atoms with Gasteiger partial charge < -0.3 is 15.0 Å². The number of methoxy groups -OCH3 is 1. The van der Waals surface area contributed by atoms with Crippen LogP contribution in [0.3, 0.4) is 0 Å². The highest BCUT2D eigenvalue weighted by molar-refractivity contribution is 7.89. The second kappa shape index (κ2) is 11.2. The fraction of sp³-hybridized carbons (Fsp3) is 0.300. The summed E-state index contributed by atoms with van der Waals surface area (Å²) in [5.74, 6) is 0.171. The van der Waals surface area contributed by atoms with Crippen LogP contribution in [0.1, 0.15) is 44.2 Å². The highest BCUT2D eigenvalue weighted by atomic mass is 32.2. The Kier molecular flexibility index (Phi) is 7.72. The van der Waals surface area contributed by atoms with Gasteiger partial charge in [-0.1, -0.05) is 30.3 Å². The number of carbonyl (C=O) groups is 1. The Morgan fingerprint density at radius 1 is 1.00 bits per heavy atom. The van der Waals surface area contributed by atoms with Crippen molar-refractivity contribution < 1.29 is 22.3 Å². The topological polar surface area (TPSA) is 100 Å². The molecule has 204 valence electrons. The summed E-state index contributed by atoms with van der Waals surface area (Å²) in [7, 11) is -2.12. The Balaban J connectivity index is 1.21. The summed E-state index contributed by atoms with van der Waals surface area (Å²) in [4.78, 5) is 16.3. The molecule has 1 saturated carbocycles. The molecule has 0 bridgehead atoms. The van der Waals surface area contributed by atoms with E-state index in [0.29, 0.717) is 25.7 Å². The van der Waals surface area contributed by atoms with E-state index in [4.69, 9.17) is 4.74 Å². The molecular formula is C30H32FN3O4S. The van der Waals surface area contributed by atoms with Crippen LogP contribution >= 0.6 is 0 Å². The summed E-state index contributed by atoms with van der Waals surface area (Å²) in [5, 5.41) is 3.90. The molecule has 0 aliphatic heterocycles. The summed E-state index contributed by atoms with van der Waals surface area (Å²) in [6, 6.07) is 20.3. The van der Waals surface area contributed by atoms with Crippen LogP contribution in [0.2, 0.25) is 0 Å². The molecule has 0 unspecified atom stereocenters. The quantitative estimate of drug-likeness (QED) is 0.263.